The SMILES string of the molecule is CN(C)Cc1ccccc1CN1CCN(c2ccccc2C=CC(=O)NO)CC1. The van der Waals surface area contributed by atoms with Crippen molar-refractivity contribution in [1.82, 2.24) is 15.3 Å². The summed E-state index contributed by atoms with van der Waals surface area (Å²) in [5.74, 6) is -0.527. The van der Waals surface area contributed by atoms with Gasteiger partial charge < -0.3 is 9.80 Å². The summed E-state index contributed by atoms with van der Waals surface area (Å²) >= 11 is 0. The second-order valence-electron chi connectivity index (χ2n) is 7.64. The first kappa shape index (κ1) is 21.0. The lowest BCUT2D eigenvalue weighted by molar-refractivity contribution is -0.124. The molecular weight excluding hydrogens is 364 g/mol. The highest BCUT2D eigenvalue weighted by Gasteiger charge is 2.19. The molecule has 2 aromatic carbocycles. The monoisotopic (exact) mass is 394 g/mol. The summed E-state index contributed by atoms with van der Waals surface area (Å²) in [5.41, 5.74) is 6.50. The maximum Gasteiger partial charge on any atom is 0.267 e. The van der Waals surface area contributed by atoms with Crippen molar-refractivity contribution in [1.29, 1.82) is 0 Å². The number of hydroxylamine groups is 1. The van der Waals surface area contributed by atoms with Crippen LogP contribution in [-0.2, 0) is 17.9 Å². The summed E-state index contributed by atoms with van der Waals surface area (Å²) in [6.45, 7) is 5.78. The lowest BCUT2D eigenvalue weighted by Crippen LogP contribution is -2.46. The van der Waals surface area contributed by atoms with E-state index in [4.69, 9.17) is 5.21 Å². The van der Waals surface area contributed by atoms with Gasteiger partial charge in [0.05, 0.1) is 0 Å². The topological polar surface area (TPSA) is 59.0 Å². The number of piperazine rings is 1. The predicted molar refractivity (Wildman–Crippen MR) is 117 cm³/mol. The summed E-state index contributed by atoms with van der Waals surface area (Å²) in [7, 11) is 4.21. The van der Waals surface area contributed by atoms with E-state index in [0.717, 1.165) is 50.5 Å². The molecule has 0 aliphatic carbocycles. The van der Waals surface area contributed by atoms with Gasteiger partial charge in [-0.15, -0.1) is 0 Å². The number of hydrogen-bond donors (Lipinski definition) is 2. The highest BCUT2D eigenvalue weighted by molar-refractivity contribution is 5.91. The molecule has 3 rings (SSSR count). The third kappa shape index (κ3) is 5.90. The Morgan fingerprint density at radius 3 is 2.38 bits per heavy atom. The smallest absolute Gasteiger partial charge is 0.267 e. The van der Waals surface area contributed by atoms with Crippen LogP contribution < -0.4 is 10.4 Å². The third-order valence-corrected chi connectivity index (χ3v) is 5.17. The second-order valence-corrected chi connectivity index (χ2v) is 7.64. The average Bonchev–Trinajstić information content (AvgIpc) is 2.74. The van der Waals surface area contributed by atoms with Crippen LogP contribution in [0.2, 0.25) is 0 Å². The Bertz CT molecular complexity index is 842. The van der Waals surface area contributed by atoms with Gasteiger partial charge in [0, 0.05) is 51.0 Å². The van der Waals surface area contributed by atoms with E-state index in [-0.39, 0.29) is 0 Å². The Kier molecular flexibility index (Phi) is 7.41. The van der Waals surface area contributed by atoms with E-state index in [0.29, 0.717) is 0 Å². The highest BCUT2D eigenvalue weighted by Crippen LogP contribution is 2.24. The van der Waals surface area contributed by atoms with Crippen molar-refractivity contribution in [3.05, 3.63) is 71.3 Å². The van der Waals surface area contributed by atoms with Crippen LogP contribution >= 0.6 is 0 Å². The summed E-state index contributed by atoms with van der Waals surface area (Å²) in [6.07, 6.45) is 3.08. The lowest BCUT2D eigenvalue weighted by atomic mass is 10.1. The molecule has 1 fully saturated rings. The van der Waals surface area contributed by atoms with E-state index in [9.17, 15) is 4.79 Å². The van der Waals surface area contributed by atoms with Gasteiger partial charge in [0.2, 0.25) is 0 Å². The van der Waals surface area contributed by atoms with Crippen molar-refractivity contribution in [2.75, 3.05) is 45.2 Å². The number of para-hydroxylation sites is 1. The standard InChI is InChI=1S/C23H30N4O2/c1-25(2)17-20-8-3-4-9-21(20)18-26-13-15-27(16-14-26)22-10-6-5-7-19(22)11-12-23(28)24-29/h3-12,29H,13-18H2,1-2H3,(H,24,28). The van der Waals surface area contributed by atoms with Gasteiger partial charge in [0.15, 0.2) is 0 Å². The highest BCUT2D eigenvalue weighted by atomic mass is 16.5. The molecule has 0 atom stereocenters. The van der Waals surface area contributed by atoms with Crippen LogP contribution in [0.1, 0.15) is 16.7 Å². The molecule has 29 heavy (non-hydrogen) atoms. The van der Waals surface area contributed by atoms with Gasteiger partial charge >= 0.3 is 0 Å². The van der Waals surface area contributed by atoms with Crippen molar-refractivity contribution in [3.8, 4) is 0 Å². The van der Waals surface area contributed by atoms with E-state index in [1.54, 1.807) is 11.6 Å². The quantitative estimate of drug-likeness (QED) is 0.429. The molecule has 1 heterocycles. The minimum atomic E-state index is -0.527. The fourth-order valence-electron chi connectivity index (χ4n) is 3.71. The molecule has 1 aliphatic rings. The van der Waals surface area contributed by atoms with Gasteiger partial charge in [-0.3, -0.25) is 14.9 Å². The van der Waals surface area contributed by atoms with E-state index >= 15 is 0 Å². The number of amides is 1. The number of nitrogens with zero attached hydrogens (tertiary/aromatic N) is 3. The Morgan fingerprint density at radius 2 is 1.69 bits per heavy atom. The molecule has 6 nitrogen and oxygen atoms in total. The molecule has 2 aromatic rings. The summed E-state index contributed by atoms with van der Waals surface area (Å²) in [5, 5.41) is 8.68. The number of benzene rings is 2. The number of hydrogen-bond acceptors (Lipinski definition) is 5. The van der Waals surface area contributed by atoms with Crippen LogP contribution in [0.5, 0.6) is 0 Å². The average molecular weight is 395 g/mol. The van der Waals surface area contributed by atoms with Crippen LogP contribution in [0.25, 0.3) is 6.08 Å². The molecule has 1 aliphatic heterocycles. The van der Waals surface area contributed by atoms with Gasteiger partial charge in [-0.05, 0) is 42.9 Å². The first-order valence-corrected chi connectivity index (χ1v) is 9.97. The molecule has 0 unspecified atom stereocenters. The van der Waals surface area contributed by atoms with E-state index in [1.807, 2.05) is 18.2 Å². The van der Waals surface area contributed by atoms with E-state index < -0.39 is 5.91 Å². The molecule has 0 aromatic heterocycles. The number of carbonyl (C=O) groups is 1. The van der Waals surface area contributed by atoms with Gasteiger partial charge in [-0.25, -0.2) is 5.48 Å². The van der Waals surface area contributed by atoms with Crippen LogP contribution in [0, 0.1) is 0 Å². The van der Waals surface area contributed by atoms with E-state index in [1.165, 1.54) is 17.2 Å². The molecule has 154 valence electrons. The molecule has 1 saturated heterocycles. The second kappa shape index (κ2) is 10.2. The van der Waals surface area contributed by atoms with Crippen molar-refractivity contribution < 1.29 is 10.0 Å². The fraction of sp³-hybridized carbons (Fsp3) is 0.348. The van der Waals surface area contributed by atoms with Crippen molar-refractivity contribution in [2.24, 2.45) is 0 Å². The maximum absolute atomic E-state index is 11.3. The zero-order chi connectivity index (χ0) is 20.6. The van der Waals surface area contributed by atoms with Gasteiger partial charge in [0.1, 0.15) is 0 Å². The van der Waals surface area contributed by atoms with Crippen LogP contribution in [0.4, 0.5) is 5.69 Å². The fourth-order valence-corrected chi connectivity index (χ4v) is 3.71. The Hall–Kier alpha value is -2.67. The molecule has 2 N–H and O–H groups in total. The lowest BCUT2D eigenvalue weighted by Gasteiger charge is -2.37. The number of anilines is 1. The largest absolute Gasteiger partial charge is 0.368 e. The molecule has 0 spiro atoms. The number of rotatable bonds is 7. The first-order valence-electron chi connectivity index (χ1n) is 9.97. The number of nitrogens with one attached hydrogen (secondary N) is 1. The molecular formula is C23H30N4O2. The van der Waals surface area contributed by atoms with Crippen LogP contribution in [0.3, 0.4) is 0 Å². The Labute approximate surface area is 173 Å². The molecule has 0 bridgehead atoms. The van der Waals surface area contributed by atoms with Gasteiger partial charge in [-0.2, -0.15) is 0 Å². The van der Waals surface area contributed by atoms with Crippen molar-refractivity contribution in [3.63, 3.8) is 0 Å². The molecule has 6 heteroatoms. The minimum Gasteiger partial charge on any atom is -0.368 e. The number of carbonyl (C=O) groups excluding carboxylic acids is 1. The molecule has 1 amide bonds. The Morgan fingerprint density at radius 1 is 1.03 bits per heavy atom. The zero-order valence-electron chi connectivity index (χ0n) is 17.2. The first-order chi connectivity index (χ1) is 14.1. The normalized spacial score (nSPS) is 15.2. The van der Waals surface area contributed by atoms with E-state index in [2.05, 4.69) is 59.1 Å². The van der Waals surface area contributed by atoms with Crippen molar-refractivity contribution >= 4 is 17.7 Å². The van der Waals surface area contributed by atoms with Gasteiger partial charge in [0.25, 0.3) is 5.91 Å². The zero-order valence-corrected chi connectivity index (χ0v) is 17.2. The van der Waals surface area contributed by atoms with Crippen LogP contribution in [-0.4, -0.2) is 61.2 Å². The predicted octanol–water partition coefficient (Wildman–Crippen LogP) is 2.59. The Balaban J connectivity index is 1.63. The van der Waals surface area contributed by atoms with Crippen LogP contribution in [0.15, 0.2) is 54.6 Å². The third-order valence-electron chi connectivity index (χ3n) is 5.17. The maximum atomic E-state index is 11.3. The van der Waals surface area contributed by atoms with Gasteiger partial charge in [-0.1, -0.05) is 42.5 Å². The summed E-state index contributed by atoms with van der Waals surface area (Å²) in [4.78, 5) is 18.4. The summed E-state index contributed by atoms with van der Waals surface area (Å²) in [6, 6.07) is 16.7. The minimum absolute atomic E-state index is 0.527. The molecule has 0 saturated carbocycles. The van der Waals surface area contributed by atoms with Crippen molar-refractivity contribution in [2.45, 2.75) is 13.1 Å². The summed E-state index contributed by atoms with van der Waals surface area (Å²) < 4.78 is 0. The molecule has 0 radical (unpaired) electrons.